The van der Waals surface area contributed by atoms with Crippen LogP contribution in [0.3, 0.4) is 0 Å². The van der Waals surface area contributed by atoms with Gasteiger partial charge in [0.2, 0.25) is 0 Å². The average molecular weight is 529 g/mol. The first-order valence-corrected chi connectivity index (χ1v) is 14.4. The Morgan fingerprint density at radius 2 is 1.45 bits per heavy atom. The van der Waals surface area contributed by atoms with Gasteiger partial charge in [0, 0.05) is 0 Å². The van der Waals surface area contributed by atoms with Crippen molar-refractivity contribution in [1.82, 2.24) is 0 Å². The molecule has 1 aromatic rings. The third kappa shape index (κ3) is 4.90. The van der Waals surface area contributed by atoms with E-state index < -0.39 is 23.2 Å². The summed E-state index contributed by atoms with van der Waals surface area (Å²) in [6.45, 7) is 21.8. The van der Waals surface area contributed by atoms with Gasteiger partial charge in [-0.05, 0) is 0 Å². The van der Waals surface area contributed by atoms with Crippen molar-refractivity contribution >= 4 is 14.0 Å². The summed E-state index contributed by atoms with van der Waals surface area (Å²) >= 11 is -0.787. The topological polar surface area (TPSA) is 0 Å². The average Bonchev–Trinajstić information content (AvgIpc) is 3.00. The quantitative estimate of drug-likeness (QED) is 0.514. The smallest absolute Gasteiger partial charge is 1.00 e. The van der Waals surface area contributed by atoms with Gasteiger partial charge in [-0.1, -0.05) is 0 Å². The largest absolute Gasteiger partial charge is 1.00 e. The molecule has 0 spiro atoms. The summed E-state index contributed by atoms with van der Waals surface area (Å²) in [5, 5.41) is 1.81. The maximum atomic E-state index is 2.59. The van der Waals surface area contributed by atoms with Gasteiger partial charge >= 0.3 is 181 Å². The zero-order valence-corrected chi connectivity index (χ0v) is 24.2. The van der Waals surface area contributed by atoms with Crippen LogP contribution in [0.5, 0.6) is 0 Å². The number of benzene rings is 1. The van der Waals surface area contributed by atoms with Crippen molar-refractivity contribution in [3.05, 3.63) is 60.7 Å². The number of halogens is 2. The number of rotatable bonds is 5. The molecule has 0 radical (unpaired) electrons. The molecule has 0 aromatic heterocycles. The minimum absolute atomic E-state index is 0. The summed E-state index contributed by atoms with van der Waals surface area (Å²) in [4.78, 5) is 0. The Hall–Kier alpha value is 0.333. The summed E-state index contributed by atoms with van der Waals surface area (Å²) < 4.78 is 2.56. The van der Waals surface area contributed by atoms with Crippen molar-refractivity contribution in [3.8, 4) is 0 Å². The van der Waals surface area contributed by atoms with Crippen molar-refractivity contribution in [2.45, 2.75) is 77.3 Å². The minimum Gasteiger partial charge on any atom is -1.00 e. The molecule has 0 amide bonds. The van der Waals surface area contributed by atoms with E-state index in [1.54, 1.807) is 27.6 Å². The molecular formula is C25H35Cl2PZr. The molecule has 1 unspecified atom stereocenters. The molecule has 0 saturated carbocycles. The van der Waals surface area contributed by atoms with Crippen molar-refractivity contribution in [2.75, 3.05) is 0 Å². The van der Waals surface area contributed by atoms with Gasteiger partial charge in [-0.2, -0.15) is 0 Å². The summed E-state index contributed by atoms with van der Waals surface area (Å²) in [5.41, 5.74) is 9.69. The first-order chi connectivity index (χ1) is 12.6. The van der Waals surface area contributed by atoms with Crippen molar-refractivity contribution in [1.29, 1.82) is 0 Å². The second-order valence-corrected chi connectivity index (χ2v) is 16.0. The number of allylic oxidation sites excluding steroid dienone is 5. The predicted molar refractivity (Wildman–Crippen MR) is 119 cm³/mol. The van der Waals surface area contributed by atoms with Crippen LogP contribution >= 0.6 is 7.92 Å². The Labute approximate surface area is 204 Å². The fourth-order valence-corrected chi connectivity index (χ4v) is 14.1. The molecular weight excluding hydrogens is 493 g/mol. The Kier molecular flexibility index (Phi) is 9.72. The SMILES string of the molecule is CC1=C(C)C(C)(C)[C]([Zr+2][CH]2C(P(C(C)C)C(C)C)=Cc3ccccc32)=C1C.[Cl-].[Cl-]. The predicted octanol–water partition coefficient (Wildman–Crippen LogP) is 2.12. The molecule has 1 aromatic carbocycles. The Balaban J connectivity index is 0.00000210. The van der Waals surface area contributed by atoms with E-state index in [1.807, 2.05) is 3.28 Å². The Morgan fingerprint density at radius 1 is 0.897 bits per heavy atom. The van der Waals surface area contributed by atoms with Gasteiger partial charge in [0.15, 0.2) is 0 Å². The molecule has 1 atom stereocenters. The van der Waals surface area contributed by atoms with E-state index in [4.69, 9.17) is 0 Å². The van der Waals surface area contributed by atoms with E-state index in [0.717, 1.165) is 14.9 Å². The number of hydrogen-bond donors (Lipinski definition) is 0. The molecule has 0 aliphatic heterocycles. The van der Waals surface area contributed by atoms with Crippen molar-refractivity contribution < 1.29 is 48.0 Å². The molecule has 0 bridgehead atoms. The Morgan fingerprint density at radius 3 is 1.93 bits per heavy atom. The fraction of sp³-hybridized carbons (Fsp3) is 0.520. The van der Waals surface area contributed by atoms with Crippen LogP contribution in [0.15, 0.2) is 49.6 Å². The van der Waals surface area contributed by atoms with Gasteiger partial charge in [0.05, 0.1) is 0 Å². The zero-order chi connectivity index (χ0) is 20.1. The van der Waals surface area contributed by atoms with Crippen LogP contribution in [-0.4, -0.2) is 11.3 Å². The molecule has 0 saturated heterocycles. The second-order valence-electron chi connectivity index (χ2n) is 9.25. The normalized spacial score (nSPS) is 20.0. The van der Waals surface area contributed by atoms with Crippen LogP contribution in [0.4, 0.5) is 0 Å². The second kappa shape index (κ2) is 10.3. The molecule has 0 nitrogen and oxygen atoms in total. The summed E-state index contributed by atoms with van der Waals surface area (Å²) in [6, 6.07) is 9.24. The number of hydrogen-bond acceptors (Lipinski definition) is 0. The summed E-state index contributed by atoms with van der Waals surface area (Å²) in [5.74, 6) is 0. The van der Waals surface area contributed by atoms with Crippen LogP contribution in [0, 0.1) is 5.41 Å². The van der Waals surface area contributed by atoms with Gasteiger partial charge in [0.1, 0.15) is 0 Å². The minimum atomic E-state index is -0.787. The fourth-order valence-electron chi connectivity index (χ4n) is 4.90. The third-order valence-corrected chi connectivity index (χ3v) is 15.9. The van der Waals surface area contributed by atoms with E-state index in [-0.39, 0.29) is 38.2 Å². The van der Waals surface area contributed by atoms with E-state index in [2.05, 4.69) is 92.7 Å². The van der Waals surface area contributed by atoms with Gasteiger partial charge in [0.25, 0.3) is 0 Å². The molecule has 2 aliphatic carbocycles. The molecule has 158 valence electrons. The molecule has 0 N–H and O–H groups in total. The van der Waals surface area contributed by atoms with Crippen LogP contribution in [0.25, 0.3) is 6.08 Å². The van der Waals surface area contributed by atoms with E-state index in [9.17, 15) is 0 Å². The van der Waals surface area contributed by atoms with Crippen molar-refractivity contribution in [2.24, 2.45) is 5.41 Å². The van der Waals surface area contributed by atoms with Crippen LogP contribution in [0.2, 0.25) is 0 Å². The molecule has 3 rings (SSSR count). The third-order valence-electron chi connectivity index (χ3n) is 6.67. The molecule has 2 aliphatic rings. The zero-order valence-electron chi connectivity index (χ0n) is 19.3. The first kappa shape index (κ1) is 27.4. The first-order valence-electron chi connectivity index (χ1n) is 10.3. The maximum absolute atomic E-state index is 2.59. The Bertz CT molecular complexity index is 838. The van der Waals surface area contributed by atoms with Crippen LogP contribution < -0.4 is 24.8 Å². The molecule has 0 fully saturated rings. The van der Waals surface area contributed by atoms with Gasteiger partial charge in [-0.15, -0.1) is 0 Å². The van der Waals surface area contributed by atoms with Crippen LogP contribution in [0.1, 0.15) is 77.1 Å². The molecule has 4 heteroatoms. The van der Waals surface area contributed by atoms with Gasteiger partial charge < -0.3 is 24.8 Å². The summed E-state index contributed by atoms with van der Waals surface area (Å²) in [7, 11) is -0.0855. The van der Waals surface area contributed by atoms with Crippen LogP contribution in [-0.2, 0) is 23.2 Å². The van der Waals surface area contributed by atoms with E-state index in [0.29, 0.717) is 0 Å². The standard InChI is InChI=1S/C15H20P.C10H15.2ClH.Zr/c1-11(2)16(12(3)4)15-9-13-7-5-6-8-14(13)10-15;1-7-6-10(4,5)9(3)8(7)2;;;/h5-12H,1-4H3;1-5H3;2*1H;/q;;;;+2/p-2. The number of fused-ring (bicyclic) bond motifs is 1. The summed E-state index contributed by atoms with van der Waals surface area (Å²) in [6.07, 6.45) is 2.59. The molecule has 29 heavy (non-hydrogen) atoms. The van der Waals surface area contributed by atoms with E-state index in [1.165, 1.54) is 5.56 Å². The maximum Gasteiger partial charge on any atom is -1.00 e. The monoisotopic (exact) mass is 526 g/mol. The van der Waals surface area contributed by atoms with Gasteiger partial charge in [-0.3, -0.25) is 0 Å². The van der Waals surface area contributed by atoms with Crippen molar-refractivity contribution in [3.63, 3.8) is 0 Å². The van der Waals surface area contributed by atoms with Gasteiger partial charge in [-0.25, -0.2) is 0 Å². The van der Waals surface area contributed by atoms with E-state index >= 15 is 0 Å². The molecule has 0 heterocycles.